The molecule has 2 aromatic carbocycles. The Kier molecular flexibility index (Phi) is 3.23. The molecule has 0 amide bonds. The minimum atomic E-state index is -0.342. The molecule has 23 heavy (non-hydrogen) atoms. The van der Waals surface area contributed by atoms with E-state index in [0.717, 1.165) is 36.8 Å². The van der Waals surface area contributed by atoms with Crippen LogP contribution in [-0.2, 0) is 18.6 Å². The Bertz CT molecular complexity index is 731. The first-order valence-corrected chi connectivity index (χ1v) is 7.86. The molecule has 1 atom stereocenters. The van der Waals surface area contributed by atoms with Gasteiger partial charge < -0.3 is 14.2 Å². The monoisotopic (exact) mass is 311 g/mol. The van der Waals surface area contributed by atoms with E-state index < -0.39 is 0 Å². The third-order valence-corrected chi connectivity index (χ3v) is 4.82. The molecular weight excluding hydrogens is 290 g/mol. The van der Waals surface area contributed by atoms with Crippen LogP contribution in [-0.4, -0.2) is 32.7 Å². The standard InChI is InChI=1S/C19H21NO3/c1-20-11-14-8-17(21-2)18(22-3)9-15(14)19(12-20)10-13-6-4-5-7-16(13)23-19/h4-9H,10-12H2,1-3H3. The Hall–Kier alpha value is -2.20. The number of likely N-dealkylation sites (N-methyl/N-ethyl adjacent to an activating group) is 1. The molecule has 0 radical (unpaired) electrons. The number of nitrogens with zero attached hydrogens (tertiary/aromatic N) is 1. The second-order valence-corrected chi connectivity index (χ2v) is 6.42. The number of fused-ring (bicyclic) bond motifs is 3. The van der Waals surface area contributed by atoms with Crippen LogP contribution in [0.4, 0.5) is 0 Å². The Morgan fingerprint density at radius 2 is 1.78 bits per heavy atom. The summed E-state index contributed by atoms with van der Waals surface area (Å²) in [6.07, 6.45) is 0.885. The fourth-order valence-electron chi connectivity index (χ4n) is 3.89. The van der Waals surface area contributed by atoms with Gasteiger partial charge in [-0.25, -0.2) is 0 Å². The van der Waals surface area contributed by atoms with Crippen molar-refractivity contribution in [1.82, 2.24) is 4.90 Å². The van der Waals surface area contributed by atoms with Crippen molar-refractivity contribution in [3.63, 3.8) is 0 Å². The van der Waals surface area contributed by atoms with Crippen molar-refractivity contribution in [1.29, 1.82) is 0 Å². The molecule has 2 aliphatic heterocycles. The quantitative estimate of drug-likeness (QED) is 0.853. The highest BCUT2D eigenvalue weighted by Gasteiger charge is 2.46. The predicted molar refractivity (Wildman–Crippen MR) is 88.3 cm³/mol. The summed E-state index contributed by atoms with van der Waals surface area (Å²) in [5.41, 5.74) is 3.38. The molecule has 4 heteroatoms. The second-order valence-electron chi connectivity index (χ2n) is 6.42. The fraction of sp³-hybridized carbons (Fsp3) is 0.368. The molecule has 0 aliphatic carbocycles. The summed E-state index contributed by atoms with van der Waals surface area (Å²) < 4.78 is 17.4. The van der Waals surface area contributed by atoms with Crippen molar-refractivity contribution < 1.29 is 14.2 Å². The van der Waals surface area contributed by atoms with E-state index in [1.165, 1.54) is 16.7 Å². The maximum atomic E-state index is 6.47. The first kappa shape index (κ1) is 14.4. The molecule has 2 aromatic rings. The molecule has 120 valence electrons. The molecule has 0 bridgehead atoms. The first-order chi connectivity index (χ1) is 11.1. The summed E-state index contributed by atoms with van der Waals surface area (Å²) in [6.45, 7) is 1.75. The number of hydrogen-bond donors (Lipinski definition) is 0. The topological polar surface area (TPSA) is 30.9 Å². The van der Waals surface area contributed by atoms with E-state index in [1.54, 1.807) is 14.2 Å². The zero-order chi connectivity index (χ0) is 16.0. The number of benzene rings is 2. The Balaban J connectivity index is 1.86. The van der Waals surface area contributed by atoms with Gasteiger partial charge in [-0.3, -0.25) is 4.90 Å². The lowest BCUT2D eigenvalue weighted by Crippen LogP contribution is -2.47. The first-order valence-electron chi connectivity index (χ1n) is 7.86. The Morgan fingerprint density at radius 1 is 1.04 bits per heavy atom. The average Bonchev–Trinajstić information content (AvgIpc) is 2.91. The van der Waals surface area contributed by atoms with Gasteiger partial charge >= 0.3 is 0 Å². The lowest BCUT2D eigenvalue weighted by atomic mass is 9.82. The predicted octanol–water partition coefficient (Wildman–Crippen LogP) is 2.98. The summed E-state index contributed by atoms with van der Waals surface area (Å²) in [5.74, 6) is 2.52. The molecule has 0 N–H and O–H groups in total. The lowest BCUT2D eigenvalue weighted by molar-refractivity contribution is 0.0358. The van der Waals surface area contributed by atoms with Crippen LogP contribution in [0, 0.1) is 0 Å². The van der Waals surface area contributed by atoms with Crippen molar-refractivity contribution in [2.45, 2.75) is 18.6 Å². The van der Waals surface area contributed by atoms with Crippen molar-refractivity contribution in [3.05, 3.63) is 53.1 Å². The van der Waals surface area contributed by atoms with Gasteiger partial charge in [0.2, 0.25) is 0 Å². The number of methoxy groups -OCH3 is 2. The second kappa shape index (κ2) is 5.17. The number of para-hydroxylation sites is 1. The zero-order valence-electron chi connectivity index (χ0n) is 13.8. The van der Waals surface area contributed by atoms with E-state index in [2.05, 4.69) is 42.3 Å². The molecule has 0 aromatic heterocycles. The van der Waals surface area contributed by atoms with Gasteiger partial charge in [0.1, 0.15) is 5.75 Å². The summed E-state index contributed by atoms with van der Waals surface area (Å²) >= 11 is 0. The minimum Gasteiger partial charge on any atom is -0.493 e. The highest BCUT2D eigenvalue weighted by Crippen LogP contribution is 2.47. The van der Waals surface area contributed by atoms with Crippen molar-refractivity contribution in [3.8, 4) is 17.2 Å². The molecule has 0 saturated heterocycles. The smallest absolute Gasteiger partial charge is 0.161 e. The van der Waals surface area contributed by atoms with Gasteiger partial charge in [-0.2, -0.15) is 0 Å². The van der Waals surface area contributed by atoms with Crippen LogP contribution in [0.25, 0.3) is 0 Å². The molecular formula is C19H21NO3. The average molecular weight is 311 g/mol. The molecule has 0 saturated carbocycles. The van der Waals surface area contributed by atoms with Gasteiger partial charge in [0.15, 0.2) is 17.1 Å². The van der Waals surface area contributed by atoms with Crippen LogP contribution in [0.1, 0.15) is 16.7 Å². The fourth-order valence-corrected chi connectivity index (χ4v) is 3.89. The van der Waals surface area contributed by atoms with E-state index in [9.17, 15) is 0 Å². The van der Waals surface area contributed by atoms with Crippen molar-refractivity contribution in [2.75, 3.05) is 27.8 Å². The van der Waals surface area contributed by atoms with Crippen LogP contribution in [0.5, 0.6) is 17.2 Å². The molecule has 0 fully saturated rings. The van der Waals surface area contributed by atoms with Gasteiger partial charge in [-0.15, -0.1) is 0 Å². The Morgan fingerprint density at radius 3 is 2.52 bits per heavy atom. The summed E-state index contributed by atoms with van der Waals surface area (Å²) in [6, 6.07) is 12.5. The Labute approximate surface area is 136 Å². The normalized spacial score (nSPS) is 22.4. The SMILES string of the molecule is COc1cc2c(cc1OC)C1(Cc3ccccc3O1)CN(C)C2. The zero-order valence-corrected chi connectivity index (χ0v) is 13.8. The number of hydrogen-bond acceptors (Lipinski definition) is 4. The van der Waals surface area contributed by atoms with Crippen molar-refractivity contribution >= 4 is 0 Å². The number of rotatable bonds is 2. The third kappa shape index (κ3) is 2.17. The molecule has 4 nitrogen and oxygen atoms in total. The highest BCUT2D eigenvalue weighted by atomic mass is 16.5. The van der Waals surface area contributed by atoms with E-state index >= 15 is 0 Å². The molecule has 2 aliphatic rings. The largest absolute Gasteiger partial charge is 0.493 e. The van der Waals surface area contributed by atoms with Gasteiger partial charge in [0.05, 0.1) is 14.2 Å². The molecule has 2 heterocycles. The van der Waals surface area contributed by atoms with E-state index in [-0.39, 0.29) is 5.60 Å². The van der Waals surface area contributed by atoms with Gasteiger partial charge in [-0.05, 0) is 36.4 Å². The van der Waals surface area contributed by atoms with E-state index in [4.69, 9.17) is 14.2 Å². The maximum Gasteiger partial charge on any atom is 0.161 e. The van der Waals surface area contributed by atoms with E-state index in [0.29, 0.717) is 0 Å². The molecule has 1 unspecified atom stereocenters. The molecule has 4 rings (SSSR count). The van der Waals surface area contributed by atoms with Gasteiger partial charge in [-0.1, -0.05) is 18.2 Å². The summed E-state index contributed by atoms with van der Waals surface area (Å²) in [4.78, 5) is 2.31. The van der Waals surface area contributed by atoms with Gasteiger partial charge in [0, 0.05) is 25.1 Å². The molecule has 1 spiro atoms. The highest BCUT2D eigenvalue weighted by molar-refractivity contribution is 5.53. The summed E-state index contributed by atoms with van der Waals surface area (Å²) in [7, 11) is 5.48. The van der Waals surface area contributed by atoms with Crippen molar-refractivity contribution in [2.24, 2.45) is 0 Å². The summed E-state index contributed by atoms with van der Waals surface area (Å²) in [5, 5.41) is 0. The van der Waals surface area contributed by atoms with Crippen LogP contribution in [0.2, 0.25) is 0 Å². The van der Waals surface area contributed by atoms with Crippen LogP contribution < -0.4 is 14.2 Å². The number of ether oxygens (including phenoxy) is 3. The lowest BCUT2D eigenvalue weighted by Gasteiger charge is -2.40. The minimum absolute atomic E-state index is 0.342. The van der Waals surface area contributed by atoms with Gasteiger partial charge in [0.25, 0.3) is 0 Å². The third-order valence-electron chi connectivity index (χ3n) is 4.82. The van der Waals surface area contributed by atoms with E-state index in [1.807, 2.05) is 6.07 Å². The van der Waals surface area contributed by atoms with Crippen LogP contribution >= 0.6 is 0 Å². The van der Waals surface area contributed by atoms with Crippen LogP contribution in [0.15, 0.2) is 36.4 Å². The van der Waals surface area contributed by atoms with Crippen LogP contribution in [0.3, 0.4) is 0 Å². The maximum absolute atomic E-state index is 6.47.